The highest BCUT2D eigenvalue weighted by molar-refractivity contribution is 7.09. The molecule has 1 aromatic heterocycles. The lowest BCUT2D eigenvalue weighted by Crippen LogP contribution is -2.50. The van der Waals surface area contributed by atoms with Crippen LogP contribution in [0.4, 0.5) is 5.69 Å². The van der Waals surface area contributed by atoms with Crippen LogP contribution in [0.2, 0.25) is 0 Å². The van der Waals surface area contributed by atoms with Crippen molar-refractivity contribution in [2.75, 3.05) is 25.0 Å². The Labute approximate surface area is 168 Å². The lowest BCUT2D eigenvalue weighted by molar-refractivity contribution is -0.132. The highest BCUT2D eigenvalue weighted by Gasteiger charge is 2.35. The minimum atomic E-state index is -0.614. The molecule has 0 saturated carbocycles. The van der Waals surface area contributed by atoms with Gasteiger partial charge in [-0.05, 0) is 31.5 Å². The van der Waals surface area contributed by atoms with Gasteiger partial charge in [-0.15, -0.1) is 11.3 Å². The molecule has 0 aliphatic carbocycles. The lowest BCUT2D eigenvalue weighted by Gasteiger charge is -2.34. The Morgan fingerprint density at radius 1 is 1.46 bits per heavy atom. The zero-order chi connectivity index (χ0) is 20.3. The molecule has 0 saturated heterocycles. The Bertz CT molecular complexity index is 934. The largest absolute Gasteiger partial charge is 0.478 e. The Morgan fingerprint density at radius 3 is 2.89 bits per heavy atom. The fourth-order valence-electron chi connectivity index (χ4n) is 3.00. The monoisotopic (exact) mass is 398 g/mol. The highest BCUT2D eigenvalue weighted by Crippen LogP contribution is 2.38. The molecule has 2 amide bonds. The molecule has 1 atom stereocenters. The number of carbonyl (C=O) groups excluding carboxylic acids is 2. The first-order chi connectivity index (χ1) is 13.4. The first-order valence-corrected chi connectivity index (χ1v) is 9.98. The molecule has 28 heavy (non-hydrogen) atoms. The minimum absolute atomic E-state index is 0.0901. The second-order valence-electron chi connectivity index (χ2n) is 6.60. The maximum Gasteiger partial charge on any atom is 0.268 e. The van der Waals surface area contributed by atoms with Crippen molar-refractivity contribution in [1.29, 1.82) is 5.26 Å². The Morgan fingerprint density at radius 2 is 2.25 bits per heavy atom. The lowest BCUT2D eigenvalue weighted by atomic mass is 10.1. The van der Waals surface area contributed by atoms with Crippen LogP contribution in [0.3, 0.4) is 0 Å². The van der Waals surface area contributed by atoms with Crippen molar-refractivity contribution >= 4 is 28.8 Å². The van der Waals surface area contributed by atoms with E-state index in [2.05, 4.69) is 4.98 Å². The second kappa shape index (κ2) is 8.40. The number of benzene rings is 1. The van der Waals surface area contributed by atoms with E-state index in [4.69, 9.17) is 10.00 Å². The van der Waals surface area contributed by atoms with Crippen LogP contribution in [0.1, 0.15) is 24.8 Å². The van der Waals surface area contributed by atoms with Crippen LogP contribution in [0.15, 0.2) is 23.6 Å². The average Bonchev–Trinajstić information content (AvgIpc) is 3.13. The number of carbonyl (C=O) groups is 2. The fourth-order valence-corrected chi connectivity index (χ4v) is 3.62. The first kappa shape index (κ1) is 19.8. The van der Waals surface area contributed by atoms with E-state index in [1.54, 1.807) is 18.4 Å². The van der Waals surface area contributed by atoms with E-state index in [0.29, 0.717) is 24.4 Å². The molecule has 8 heteroatoms. The van der Waals surface area contributed by atoms with E-state index in [0.717, 1.165) is 16.3 Å². The molecule has 7 nitrogen and oxygen atoms in total. The van der Waals surface area contributed by atoms with Gasteiger partial charge >= 0.3 is 0 Å². The second-order valence-corrected chi connectivity index (χ2v) is 7.66. The number of amides is 2. The van der Waals surface area contributed by atoms with Gasteiger partial charge in [-0.1, -0.05) is 6.92 Å². The number of rotatable bonds is 6. The zero-order valence-electron chi connectivity index (χ0n) is 16.1. The molecule has 146 valence electrons. The number of nitrogens with zero attached hydrogens (tertiary/aromatic N) is 4. The minimum Gasteiger partial charge on any atom is -0.478 e. The van der Waals surface area contributed by atoms with Gasteiger partial charge in [-0.25, -0.2) is 4.98 Å². The van der Waals surface area contributed by atoms with Gasteiger partial charge in [0.2, 0.25) is 5.91 Å². The summed E-state index contributed by atoms with van der Waals surface area (Å²) in [6, 6.07) is 7.60. The number of aryl methyl sites for hydroxylation is 1. The summed E-state index contributed by atoms with van der Waals surface area (Å²) in [5.74, 6) is 0.125. The third-order valence-corrected chi connectivity index (χ3v) is 5.40. The fraction of sp³-hybridized carbons (Fsp3) is 0.400. The summed E-state index contributed by atoms with van der Waals surface area (Å²) in [7, 11) is 1.64. The van der Waals surface area contributed by atoms with Crippen LogP contribution in [0.25, 0.3) is 11.3 Å². The quantitative estimate of drug-likeness (QED) is 0.747. The summed E-state index contributed by atoms with van der Waals surface area (Å²) in [5.41, 5.74) is 2.26. The van der Waals surface area contributed by atoms with Crippen molar-refractivity contribution in [3.05, 3.63) is 28.6 Å². The molecular weight excluding hydrogens is 376 g/mol. The van der Waals surface area contributed by atoms with Gasteiger partial charge in [0.25, 0.3) is 5.91 Å². The van der Waals surface area contributed by atoms with Crippen LogP contribution in [0.5, 0.6) is 5.75 Å². The number of anilines is 1. The third kappa shape index (κ3) is 3.99. The summed E-state index contributed by atoms with van der Waals surface area (Å²) >= 11 is 1.55. The van der Waals surface area contributed by atoms with Gasteiger partial charge in [0.1, 0.15) is 12.3 Å². The summed E-state index contributed by atoms with van der Waals surface area (Å²) in [5, 5.41) is 11.6. The molecule has 1 unspecified atom stereocenters. The molecule has 0 bridgehead atoms. The predicted octanol–water partition coefficient (Wildman–Crippen LogP) is 2.99. The average molecular weight is 398 g/mol. The van der Waals surface area contributed by atoms with E-state index in [1.807, 2.05) is 43.5 Å². The normalized spacial score (nSPS) is 15.6. The Balaban J connectivity index is 1.93. The number of fused-ring (bicyclic) bond motifs is 1. The third-order valence-electron chi connectivity index (χ3n) is 4.62. The zero-order valence-corrected chi connectivity index (χ0v) is 17.0. The van der Waals surface area contributed by atoms with Gasteiger partial charge in [0.15, 0.2) is 6.10 Å². The number of ether oxygens (including phenoxy) is 1. The van der Waals surface area contributed by atoms with Gasteiger partial charge in [-0.3, -0.25) is 14.5 Å². The van der Waals surface area contributed by atoms with E-state index in [-0.39, 0.29) is 24.8 Å². The Kier molecular flexibility index (Phi) is 5.95. The summed E-state index contributed by atoms with van der Waals surface area (Å²) < 4.78 is 5.85. The Hall–Kier alpha value is -2.92. The van der Waals surface area contributed by atoms with Gasteiger partial charge in [0, 0.05) is 24.5 Å². The van der Waals surface area contributed by atoms with Crippen molar-refractivity contribution in [1.82, 2.24) is 9.88 Å². The van der Waals surface area contributed by atoms with Crippen molar-refractivity contribution in [2.24, 2.45) is 0 Å². The van der Waals surface area contributed by atoms with Crippen molar-refractivity contribution < 1.29 is 14.3 Å². The smallest absolute Gasteiger partial charge is 0.268 e. The number of nitriles is 1. The summed E-state index contributed by atoms with van der Waals surface area (Å²) in [6.45, 7) is 4.05. The number of aromatic nitrogens is 1. The van der Waals surface area contributed by atoms with Crippen molar-refractivity contribution in [2.45, 2.75) is 32.8 Å². The van der Waals surface area contributed by atoms with Gasteiger partial charge in [-0.2, -0.15) is 5.26 Å². The topological polar surface area (TPSA) is 86.5 Å². The van der Waals surface area contributed by atoms with Crippen molar-refractivity contribution in [3.63, 3.8) is 0 Å². The maximum atomic E-state index is 12.9. The molecule has 1 aliphatic heterocycles. The molecular formula is C20H22N4O3S. The molecule has 0 N–H and O–H groups in total. The van der Waals surface area contributed by atoms with E-state index in [9.17, 15) is 9.59 Å². The van der Waals surface area contributed by atoms with Crippen molar-refractivity contribution in [3.8, 4) is 23.1 Å². The van der Waals surface area contributed by atoms with Crippen LogP contribution in [-0.2, 0) is 9.59 Å². The molecule has 3 rings (SSSR count). The molecule has 2 heterocycles. The molecule has 1 aliphatic rings. The van der Waals surface area contributed by atoms with E-state index in [1.165, 1.54) is 9.80 Å². The molecule has 0 fully saturated rings. The van der Waals surface area contributed by atoms with Crippen LogP contribution in [0, 0.1) is 18.3 Å². The molecule has 0 spiro atoms. The molecule has 1 aromatic carbocycles. The molecule has 2 aromatic rings. The number of thiazole rings is 1. The first-order valence-electron chi connectivity index (χ1n) is 9.10. The SMILES string of the molecule is CCC1Oc2ccc(-c3csc(C)n3)cc2N(CC(=O)N(C)CCC#N)C1=O. The van der Waals surface area contributed by atoms with Gasteiger partial charge in [0.05, 0.1) is 28.9 Å². The van der Waals surface area contributed by atoms with E-state index < -0.39 is 6.10 Å². The number of hydrogen-bond donors (Lipinski definition) is 0. The highest BCUT2D eigenvalue weighted by atomic mass is 32.1. The number of likely N-dealkylation sites (N-methyl/N-ethyl adjacent to an activating group) is 1. The predicted molar refractivity (Wildman–Crippen MR) is 107 cm³/mol. The van der Waals surface area contributed by atoms with Crippen LogP contribution < -0.4 is 9.64 Å². The molecule has 0 radical (unpaired) electrons. The van der Waals surface area contributed by atoms with Crippen LogP contribution >= 0.6 is 11.3 Å². The maximum absolute atomic E-state index is 12.9. The van der Waals surface area contributed by atoms with Crippen LogP contribution in [-0.4, -0.2) is 47.9 Å². The van der Waals surface area contributed by atoms with E-state index >= 15 is 0 Å². The summed E-state index contributed by atoms with van der Waals surface area (Å²) in [4.78, 5) is 33.0. The summed E-state index contributed by atoms with van der Waals surface area (Å²) in [6.07, 6.45) is 0.151. The standard InChI is InChI=1S/C20H22N4O3S/c1-4-17-20(26)24(11-19(25)23(3)9-5-8-21)16-10-14(6-7-18(16)27-17)15-12-28-13(2)22-15/h6-7,10,12,17H,4-5,9,11H2,1-3H3. The number of hydrogen-bond acceptors (Lipinski definition) is 6. The van der Waals surface area contributed by atoms with Gasteiger partial charge < -0.3 is 9.64 Å².